The lowest BCUT2D eigenvalue weighted by atomic mass is 10.0. The number of hydrogen-bond acceptors (Lipinski definition) is 3. The average Bonchev–Trinajstić information content (AvgIpc) is 2.94. The molecule has 1 amide bonds. The first-order valence-electron chi connectivity index (χ1n) is 8.20. The molecular weight excluding hydrogens is 276 g/mol. The van der Waals surface area contributed by atoms with E-state index in [4.69, 9.17) is 0 Å². The Kier molecular flexibility index (Phi) is 5.59. The monoisotopic (exact) mass is 304 g/mol. The minimum absolute atomic E-state index is 0.225. The van der Waals surface area contributed by atoms with Gasteiger partial charge < -0.3 is 10.4 Å². The molecule has 2 rings (SSSR count). The number of carbonyl (C=O) groups excluding carboxylic acids is 1. The van der Waals surface area contributed by atoms with Gasteiger partial charge in [0.15, 0.2) is 0 Å². The molecule has 1 aliphatic carbocycles. The molecule has 4 nitrogen and oxygen atoms in total. The van der Waals surface area contributed by atoms with Crippen molar-refractivity contribution in [1.29, 1.82) is 0 Å². The van der Waals surface area contributed by atoms with E-state index >= 15 is 0 Å². The van der Waals surface area contributed by atoms with Crippen LogP contribution >= 0.6 is 0 Å². The fourth-order valence-electron chi connectivity index (χ4n) is 2.86. The van der Waals surface area contributed by atoms with Gasteiger partial charge in [-0.15, -0.1) is 0 Å². The molecule has 0 aromatic heterocycles. The minimum atomic E-state index is -1.15. The van der Waals surface area contributed by atoms with Crippen molar-refractivity contribution < 1.29 is 9.90 Å². The van der Waals surface area contributed by atoms with Crippen LogP contribution in [0.5, 0.6) is 0 Å². The number of rotatable bonds is 6. The summed E-state index contributed by atoms with van der Waals surface area (Å²) in [5, 5.41) is 13.2. The van der Waals surface area contributed by atoms with Crippen molar-refractivity contribution in [2.75, 3.05) is 7.05 Å². The van der Waals surface area contributed by atoms with Crippen molar-refractivity contribution in [3.8, 4) is 0 Å². The van der Waals surface area contributed by atoms with E-state index in [9.17, 15) is 9.90 Å². The molecule has 1 aromatic carbocycles. The predicted molar refractivity (Wildman–Crippen MR) is 88.3 cm³/mol. The summed E-state index contributed by atoms with van der Waals surface area (Å²) < 4.78 is 0. The lowest BCUT2D eigenvalue weighted by Gasteiger charge is -2.24. The van der Waals surface area contributed by atoms with Crippen LogP contribution in [0.3, 0.4) is 0 Å². The molecule has 1 saturated carbocycles. The number of aliphatic hydroxyl groups is 1. The van der Waals surface area contributed by atoms with Gasteiger partial charge >= 0.3 is 0 Å². The van der Waals surface area contributed by atoms with Crippen molar-refractivity contribution in [3.63, 3.8) is 0 Å². The topological polar surface area (TPSA) is 52.6 Å². The third kappa shape index (κ3) is 4.08. The molecule has 0 bridgehead atoms. The van der Waals surface area contributed by atoms with Crippen LogP contribution in [0.1, 0.15) is 50.7 Å². The second-order valence-electron chi connectivity index (χ2n) is 6.70. The maximum Gasteiger partial charge on any atom is 0.252 e. The number of benzene rings is 1. The first-order valence-corrected chi connectivity index (χ1v) is 8.20. The Labute approximate surface area is 133 Å². The maximum absolute atomic E-state index is 12.2. The molecular formula is C18H28N2O2. The summed E-state index contributed by atoms with van der Waals surface area (Å²) in [7, 11) is 2.10. The van der Waals surface area contributed by atoms with E-state index in [-0.39, 0.29) is 5.91 Å². The predicted octanol–water partition coefficient (Wildman–Crippen LogP) is 2.45. The van der Waals surface area contributed by atoms with Gasteiger partial charge in [0.05, 0.1) is 0 Å². The highest BCUT2D eigenvalue weighted by molar-refractivity contribution is 5.85. The van der Waals surface area contributed by atoms with Crippen molar-refractivity contribution in [2.24, 2.45) is 0 Å². The van der Waals surface area contributed by atoms with Crippen LogP contribution in [-0.4, -0.2) is 34.6 Å². The van der Waals surface area contributed by atoms with Crippen molar-refractivity contribution in [3.05, 3.63) is 35.4 Å². The van der Waals surface area contributed by atoms with Crippen LogP contribution in [0.2, 0.25) is 0 Å². The third-order valence-corrected chi connectivity index (χ3v) is 4.71. The number of carbonyl (C=O) groups is 1. The lowest BCUT2D eigenvalue weighted by Crippen LogP contribution is -2.44. The summed E-state index contributed by atoms with van der Waals surface area (Å²) >= 11 is 0. The van der Waals surface area contributed by atoms with Gasteiger partial charge in [0.2, 0.25) is 0 Å². The van der Waals surface area contributed by atoms with E-state index < -0.39 is 5.60 Å². The van der Waals surface area contributed by atoms with Gasteiger partial charge in [0.1, 0.15) is 5.60 Å². The van der Waals surface area contributed by atoms with Crippen LogP contribution in [0, 0.1) is 0 Å². The first-order chi connectivity index (χ1) is 10.4. The smallest absolute Gasteiger partial charge is 0.252 e. The van der Waals surface area contributed by atoms with E-state index in [0.29, 0.717) is 25.4 Å². The Morgan fingerprint density at radius 1 is 1.27 bits per heavy atom. The standard InChI is InChI=1S/C18H28N2O2/c1-14(2)20(3)13-16-9-5-4-8-15(16)12-19-17(21)18(22)10-6-7-11-18/h4-5,8-9,14,22H,6-7,10-13H2,1-3H3,(H,19,21). The summed E-state index contributed by atoms with van der Waals surface area (Å²) in [6, 6.07) is 8.64. The summed E-state index contributed by atoms with van der Waals surface area (Å²) in [5.41, 5.74) is 1.19. The normalized spacial score (nSPS) is 17.2. The maximum atomic E-state index is 12.2. The zero-order valence-electron chi connectivity index (χ0n) is 13.9. The highest BCUT2D eigenvalue weighted by Crippen LogP contribution is 2.29. The van der Waals surface area contributed by atoms with Gasteiger partial charge in [-0.25, -0.2) is 0 Å². The van der Waals surface area contributed by atoms with E-state index in [1.165, 1.54) is 5.56 Å². The molecule has 1 aromatic rings. The molecule has 0 saturated heterocycles. The van der Waals surface area contributed by atoms with Crippen LogP contribution in [0.4, 0.5) is 0 Å². The number of nitrogens with zero attached hydrogens (tertiary/aromatic N) is 1. The zero-order valence-corrected chi connectivity index (χ0v) is 13.9. The number of nitrogens with one attached hydrogen (secondary N) is 1. The second kappa shape index (κ2) is 7.25. The Morgan fingerprint density at radius 2 is 1.86 bits per heavy atom. The SMILES string of the molecule is CC(C)N(C)Cc1ccccc1CNC(=O)C1(O)CCCC1. The van der Waals surface area contributed by atoms with E-state index in [1.54, 1.807) is 0 Å². The van der Waals surface area contributed by atoms with Crippen molar-refractivity contribution >= 4 is 5.91 Å². The van der Waals surface area contributed by atoms with Crippen molar-refractivity contribution in [2.45, 2.75) is 64.3 Å². The van der Waals surface area contributed by atoms with Gasteiger partial charge in [-0.3, -0.25) is 9.69 Å². The fourth-order valence-corrected chi connectivity index (χ4v) is 2.86. The van der Waals surface area contributed by atoms with Gasteiger partial charge in [-0.2, -0.15) is 0 Å². The molecule has 2 N–H and O–H groups in total. The van der Waals surface area contributed by atoms with E-state index in [1.807, 2.05) is 18.2 Å². The molecule has 22 heavy (non-hydrogen) atoms. The van der Waals surface area contributed by atoms with Gasteiger partial charge in [0.25, 0.3) is 5.91 Å². The van der Waals surface area contributed by atoms with Gasteiger partial charge in [-0.05, 0) is 57.7 Å². The van der Waals surface area contributed by atoms with Crippen LogP contribution < -0.4 is 5.32 Å². The molecule has 0 unspecified atom stereocenters. The first kappa shape index (κ1) is 17.0. The third-order valence-electron chi connectivity index (χ3n) is 4.71. The molecule has 4 heteroatoms. The molecule has 0 aliphatic heterocycles. The molecule has 0 atom stereocenters. The largest absolute Gasteiger partial charge is 0.380 e. The van der Waals surface area contributed by atoms with Crippen LogP contribution in [0.15, 0.2) is 24.3 Å². The molecule has 0 heterocycles. The summed E-state index contributed by atoms with van der Waals surface area (Å²) in [5.74, 6) is -0.225. The summed E-state index contributed by atoms with van der Waals surface area (Å²) in [6.07, 6.45) is 3.02. The Morgan fingerprint density at radius 3 is 2.45 bits per heavy atom. The average molecular weight is 304 g/mol. The Hall–Kier alpha value is -1.39. The Balaban J connectivity index is 1.99. The lowest BCUT2D eigenvalue weighted by molar-refractivity contribution is -0.139. The second-order valence-corrected chi connectivity index (χ2v) is 6.70. The molecule has 122 valence electrons. The summed E-state index contributed by atoms with van der Waals surface area (Å²) in [6.45, 7) is 5.66. The van der Waals surface area contributed by atoms with Crippen LogP contribution in [0.25, 0.3) is 0 Å². The van der Waals surface area contributed by atoms with E-state index in [2.05, 4.69) is 37.2 Å². The van der Waals surface area contributed by atoms with Crippen molar-refractivity contribution in [1.82, 2.24) is 10.2 Å². The molecule has 0 spiro atoms. The molecule has 0 radical (unpaired) electrons. The van der Waals surface area contributed by atoms with E-state index in [0.717, 1.165) is 24.9 Å². The van der Waals surface area contributed by atoms with Crippen LogP contribution in [-0.2, 0) is 17.9 Å². The highest BCUT2D eigenvalue weighted by atomic mass is 16.3. The zero-order chi connectivity index (χ0) is 16.2. The minimum Gasteiger partial charge on any atom is -0.380 e. The number of amides is 1. The highest BCUT2D eigenvalue weighted by Gasteiger charge is 2.38. The Bertz CT molecular complexity index is 508. The molecule has 1 fully saturated rings. The number of hydrogen-bond donors (Lipinski definition) is 2. The van der Waals surface area contributed by atoms with Gasteiger partial charge in [0, 0.05) is 19.1 Å². The quantitative estimate of drug-likeness (QED) is 0.849. The summed E-state index contributed by atoms with van der Waals surface area (Å²) in [4.78, 5) is 14.5. The molecule has 1 aliphatic rings. The van der Waals surface area contributed by atoms with Gasteiger partial charge in [-0.1, -0.05) is 24.3 Å². The fraction of sp³-hybridized carbons (Fsp3) is 0.611.